The lowest BCUT2D eigenvalue weighted by molar-refractivity contribution is 0.0599. The van der Waals surface area contributed by atoms with E-state index in [1.54, 1.807) is 25.1 Å². The molecular weight excluding hydrogens is 300 g/mol. The summed E-state index contributed by atoms with van der Waals surface area (Å²) in [5, 5.41) is 7.46. The molecule has 0 bridgehead atoms. The maximum Gasteiger partial charge on any atom is 0.341 e. The first-order chi connectivity index (χ1) is 11.2. The number of nitrogens with zero attached hydrogens (tertiary/aromatic N) is 2. The van der Waals surface area contributed by atoms with E-state index in [2.05, 4.69) is 14.9 Å². The molecule has 0 aliphatic carbocycles. The number of aromatic nitrogens is 2. The molecule has 0 saturated heterocycles. The maximum atomic E-state index is 11.5. The second kappa shape index (κ2) is 6.35. The minimum absolute atomic E-state index is 0.206. The van der Waals surface area contributed by atoms with Crippen LogP contribution in [0.2, 0.25) is 0 Å². The van der Waals surface area contributed by atoms with E-state index in [9.17, 15) is 4.79 Å². The van der Waals surface area contributed by atoms with Gasteiger partial charge in [0.15, 0.2) is 0 Å². The number of esters is 1. The Morgan fingerprint density at radius 2 is 2.04 bits per heavy atom. The molecule has 2 heterocycles. The van der Waals surface area contributed by atoms with Crippen molar-refractivity contribution in [3.8, 4) is 17.2 Å². The summed E-state index contributed by atoms with van der Waals surface area (Å²) in [7, 11) is 1.33. The van der Waals surface area contributed by atoms with Crippen LogP contribution in [0.25, 0.3) is 11.5 Å². The van der Waals surface area contributed by atoms with Crippen LogP contribution in [0.15, 0.2) is 45.6 Å². The van der Waals surface area contributed by atoms with Crippen molar-refractivity contribution in [1.29, 1.82) is 0 Å². The highest BCUT2D eigenvalue weighted by Crippen LogP contribution is 2.22. The van der Waals surface area contributed by atoms with Gasteiger partial charge in [0.25, 0.3) is 0 Å². The van der Waals surface area contributed by atoms with Gasteiger partial charge in [-0.25, -0.2) is 4.79 Å². The molecule has 1 aromatic carbocycles. The number of carbonyl (C=O) groups is 1. The molecule has 7 heteroatoms. The molecule has 0 radical (unpaired) electrons. The average molecular weight is 314 g/mol. The van der Waals surface area contributed by atoms with E-state index in [1.165, 1.54) is 13.5 Å². The number of hydrogen-bond acceptors (Lipinski definition) is 7. The molecule has 0 fully saturated rings. The predicted octanol–water partition coefficient (Wildman–Crippen LogP) is 3.00. The van der Waals surface area contributed by atoms with Gasteiger partial charge >= 0.3 is 5.97 Å². The third-order valence-corrected chi connectivity index (χ3v) is 3.22. The summed E-state index contributed by atoms with van der Waals surface area (Å²) < 4.78 is 20.9. The van der Waals surface area contributed by atoms with Crippen LogP contribution in [0, 0.1) is 6.92 Å². The molecule has 118 valence electrons. The Bertz CT molecular complexity index is 791. The first-order valence-electron chi connectivity index (χ1n) is 6.84. The lowest BCUT2D eigenvalue weighted by Gasteiger charge is -2.04. The largest absolute Gasteiger partial charge is 0.486 e. The molecule has 0 N–H and O–H groups in total. The summed E-state index contributed by atoms with van der Waals surface area (Å²) in [6, 6.07) is 8.83. The van der Waals surface area contributed by atoms with Gasteiger partial charge in [0.05, 0.1) is 7.11 Å². The van der Waals surface area contributed by atoms with E-state index in [1.807, 2.05) is 12.1 Å². The number of aryl methyl sites for hydroxylation is 1. The van der Waals surface area contributed by atoms with Crippen molar-refractivity contribution in [3.63, 3.8) is 0 Å². The van der Waals surface area contributed by atoms with E-state index < -0.39 is 5.97 Å². The maximum absolute atomic E-state index is 11.5. The summed E-state index contributed by atoms with van der Waals surface area (Å²) in [5.41, 5.74) is 1.20. The molecule has 0 aliphatic heterocycles. The van der Waals surface area contributed by atoms with Crippen LogP contribution >= 0.6 is 0 Å². The third-order valence-electron chi connectivity index (χ3n) is 3.22. The molecular formula is C16H14N2O5. The predicted molar refractivity (Wildman–Crippen MR) is 78.9 cm³/mol. The quantitative estimate of drug-likeness (QED) is 0.669. The van der Waals surface area contributed by atoms with Crippen molar-refractivity contribution < 1.29 is 23.1 Å². The van der Waals surface area contributed by atoms with Gasteiger partial charge in [0.1, 0.15) is 29.4 Å². The van der Waals surface area contributed by atoms with E-state index >= 15 is 0 Å². The van der Waals surface area contributed by atoms with Crippen LogP contribution in [-0.2, 0) is 11.3 Å². The minimum atomic E-state index is -0.429. The van der Waals surface area contributed by atoms with E-state index in [4.69, 9.17) is 13.6 Å². The van der Waals surface area contributed by atoms with E-state index in [-0.39, 0.29) is 6.61 Å². The molecule has 0 spiro atoms. The second-order valence-corrected chi connectivity index (χ2v) is 4.73. The van der Waals surface area contributed by atoms with Gasteiger partial charge in [-0.1, -0.05) is 0 Å². The Hall–Kier alpha value is -3.09. The van der Waals surface area contributed by atoms with Gasteiger partial charge in [-0.2, -0.15) is 0 Å². The highest BCUT2D eigenvalue weighted by atomic mass is 16.5. The Morgan fingerprint density at radius 1 is 1.26 bits per heavy atom. The highest BCUT2D eigenvalue weighted by Gasteiger charge is 2.15. The fraction of sp³-hybridized carbons (Fsp3) is 0.188. The molecule has 3 aromatic rings. The van der Waals surface area contributed by atoms with Crippen LogP contribution in [0.4, 0.5) is 0 Å². The monoisotopic (exact) mass is 314 g/mol. The molecule has 3 rings (SSSR count). The van der Waals surface area contributed by atoms with Crippen molar-refractivity contribution >= 4 is 5.97 Å². The molecule has 23 heavy (non-hydrogen) atoms. The first kappa shape index (κ1) is 14.8. The lowest BCUT2D eigenvalue weighted by Crippen LogP contribution is -2.00. The zero-order chi connectivity index (χ0) is 16.2. The third kappa shape index (κ3) is 3.23. The van der Waals surface area contributed by atoms with Crippen LogP contribution < -0.4 is 4.74 Å². The fourth-order valence-electron chi connectivity index (χ4n) is 2.07. The second-order valence-electron chi connectivity index (χ2n) is 4.73. The highest BCUT2D eigenvalue weighted by molar-refractivity contribution is 5.90. The normalized spacial score (nSPS) is 10.5. The van der Waals surface area contributed by atoms with Crippen molar-refractivity contribution in [2.45, 2.75) is 13.5 Å². The zero-order valence-corrected chi connectivity index (χ0v) is 12.6. The zero-order valence-electron chi connectivity index (χ0n) is 12.6. The molecule has 0 aliphatic rings. The SMILES string of the molecule is COC(=O)c1cc(COc2ccc(-c3nnco3)cc2)oc1C. The number of hydrogen-bond donors (Lipinski definition) is 0. The van der Waals surface area contributed by atoms with Crippen molar-refractivity contribution in [1.82, 2.24) is 10.2 Å². The van der Waals surface area contributed by atoms with Crippen LogP contribution in [0.5, 0.6) is 5.75 Å². The number of rotatable bonds is 5. The Balaban J connectivity index is 1.65. The lowest BCUT2D eigenvalue weighted by atomic mass is 10.2. The Labute approximate surface area is 131 Å². The van der Waals surface area contributed by atoms with Crippen LogP contribution in [-0.4, -0.2) is 23.3 Å². The summed E-state index contributed by atoms with van der Waals surface area (Å²) in [5.74, 6) is 1.72. The number of ether oxygens (including phenoxy) is 2. The van der Waals surface area contributed by atoms with Crippen LogP contribution in [0.1, 0.15) is 21.9 Å². The smallest absolute Gasteiger partial charge is 0.341 e. The Morgan fingerprint density at radius 3 is 2.70 bits per heavy atom. The fourth-order valence-corrected chi connectivity index (χ4v) is 2.07. The molecule has 7 nitrogen and oxygen atoms in total. The van der Waals surface area contributed by atoms with Gasteiger partial charge in [0.2, 0.25) is 12.3 Å². The molecule has 0 atom stereocenters. The van der Waals surface area contributed by atoms with E-state index in [0.717, 1.165) is 5.56 Å². The summed E-state index contributed by atoms with van der Waals surface area (Å²) in [6.07, 6.45) is 1.28. The average Bonchev–Trinajstić information content (AvgIpc) is 3.22. The summed E-state index contributed by atoms with van der Waals surface area (Å²) in [4.78, 5) is 11.5. The number of methoxy groups -OCH3 is 1. The molecule has 0 unspecified atom stereocenters. The molecule has 0 saturated carbocycles. The Kier molecular flexibility index (Phi) is 4.09. The summed E-state index contributed by atoms with van der Waals surface area (Å²) in [6.45, 7) is 1.91. The van der Waals surface area contributed by atoms with Crippen molar-refractivity contribution in [2.75, 3.05) is 7.11 Å². The van der Waals surface area contributed by atoms with Crippen molar-refractivity contribution in [2.24, 2.45) is 0 Å². The standard InChI is InChI=1S/C16H14N2O5/c1-10-14(16(19)20-2)7-13(23-10)8-21-12-5-3-11(4-6-12)15-18-17-9-22-15/h3-7,9H,8H2,1-2H3. The van der Waals surface area contributed by atoms with Gasteiger partial charge in [-0.15, -0.1) is 10.2 Å². The van der Waals surface area contributed by atoms with Gasteiger partial charge in [-0.3, -0.25) is 0 Å². The van der Waals surface area contributed by atoms with Gasteiger partial charge in [0, 0.05) is 5.56 Å². The number of furan rings is 1. The number of benzene rings is 1. The minimum Gasteiger partial charge on any atom is -0.486 e. The molecule has 0 amide bonds. The topological polar surface area (TPSA) is 87.6 Å². The van der Waals surface area contributed by atoms with Crippen molar-refractivity contribution in [3.05, 3.63) is 53.8 Å². The van der Waals surface area contributed by atoms with Gasteiger partial charge < -0.3 is 18.3 Å². The van der Waals surface area contributed by atoms with Crippen LogP contribution in [0.3, 0.4) is 0 Å². The van der Waals surface area contributed by atoms with Gasteiger partial charge in [-0.05, 0) is 37.3 Å². The summed E-state index contributed by atoms with van der Waals surface area (Å²) >= 11 is 0. The first-order valence-corrected chi connectivity index (χ1v) is 6.84. The number of carbonyl (C=O) groups excluding carboxylic acids is 1. The molecule has 2 aromatic heterocycles. The van der Waals surface area contributed by atoms with E-state index in [0.29, 0.717) is 28.7 Å².